The Morgan fingerprint density at radius 3 is 2.78 bits per heavy atom. The second-order valence-corrected chi connectivity index (χ2v) is 6.29. The van der Waals surface area contributed by atoms with E-state index in [1.165, 1.54) is 24.8 Å². The van der Waals surface area contributed by atoms with Crippen LogP contribution in [0.1, 0.15) is 58.6 Å². The Labute approximate surface area is 111 Å². The van der Waals surface area contributed by atoms with E-state index < -0.39 is 0 Å². The number of hydrogen-bond acceptors (Lipinski definition) is 2. The van der Waals surface area contributed by atoms with Crippen LogP contribution in [0, 0.1) is 11.8 Å². The molecule has 3 atom stereocenters. The molecule has 1 aliphatic carbocycles. The average Bonchev–Trinajstić information content (AvgIpc) is 2.79. The molecule has 1 saturated carbocycles. The summed E-state index contributed by atoms with van der Waals surface area (Å²) in [5, 5.41) is 7.99. The van der Waals surface area contributed by atoms with Gasteiger partial charge in [-0.3, -0.25) is 4.68 Å². The van der Waals surface area contributed by atoms with E-state index in [-0.39, 0.29) is 0 Å². The third kappa shape index (κ3) is 3.35. The highest BCUT2D eigenvalue weighted by molar-refractivity contribution is 5.04. The van der Waals surface area contributed by atoms with Gasteiger partial charge in [-0.1, -0.05) is 27.7 Å². The summed E-state index contributed by atoms with van der Waals surface area (Å²) in [5.74, 6) is 1.70. The third-order valence-electron chi connectivity index (χ3n) is 4.31. The minimum absolute atomic E-state index is 0.531. The molecule has 0 radical (unpaired) electrons. The summed E-state index contributed by atoms with van der Waals surface area (Å²) in [4.78, 5) is 0. The first kappa shape index (κ1) is 13.6. The fourth-order valence-corrected chi connectivity index (χ4v) is 2.75. The Morgan fingerprint density at radius 1 is 1.33 bits per heavy atom. The minimum Gasteiger partial charge on any atom is -0.310 e. The topological polar surface area (TPSA) is 29.9 Å². The smallest absolute Gasteiger partial charge is 0.0534 e. The molecule has 3 unspecified atom stereocenters. The van der Waals surface area contributed by atoms with Gasteiger partial charge in [0.05, 0.1) is 12.2 Å². The van der Waals surface area contributed by atoms with Gasteiger partial charge in [-0.05, 0) is 31.1 Å². The number of nitrogens with zero attached hydrogens (tertiary/aromatic N) is 2. The van der Waals surface area contributed by atoms with Crippen molar-refractivity contribution in [3.8, 4) is 0 Å². The maximum absolute atomic E-state index is 4.55. The SMILES string of the molecule is CC(C)NCc1cnn(C2CCC(C)C(C)C2)c1. The summed E-state index contributed by atoms with van der Waals surface area (Å²) in [5.41, 5.74) is 1.30. The van der Waals surface area contributed by atoms with Crippen LogP contribution in [0.2, 0.25) is 0 Å². The van der Waals surface area contributed by atoms with Crippen molar-refractivity contribution in [2.45, 2.75) is 65.6 Å². The van der Waals surface area contributed by atoms with Gasteiger partial charge in [-0.25, -0.2) is 0 Å². The van der Waals surface area contributed by atoms with Crippen molar-refractivity contribution in [2.24, 2.45) is 11.8 Å². The Morgan fingerprint density at radius 2 is 2.11 bits per heavy atom. The highest BCUT2D eigenvalue weighted by atomic mass is 15.3. The zero-order valence-corrected chi connectivity index (χ0v) is 12.2. The molecule has 1 heterocycles. The Balaban J connectivity index is 1.93. The summed E-state index contributed by atoms with van der Waals surface area (Å²) in [6.45, 7) is 10.0. The number of aromatic nitrogens is 2. The number of rotatable bonds is 4. The fourth-order valence-electron chi connectivity index (χ4n) is 2.75. The van der Waals surface area contributed by atoms with Crippen LogP contribution >= 0.6 is 0 Å². The minimum atomic E-state index is 0.531. The molecule has 1 aromatic rings. The average molecular weight is 249 g/mol. The lowest BCUT2D eigenvalue weighted by Crippen LogP contribution is -2.24. The molecule has 2 rings (SSSR count). The normalized spacial score (nSPS) is 28.8. The quantitative estimate of drug-likeness (QED) is 0.886. The van der Waals surface area contributed by atoms with Crippen molar-refractivity contribution in [3.05, 3.63) is 18.0 Å². The van der Waals surface area contributed by atoms with Gasteiger partial charge >= 0.3 is 0 Å². The molecule has 1 fully saturated rings. The first-order valence-electron chi connectivity index (χ1n) is 7.32. The van der Waals surface area contributed by atoms with E-state index in [0.29, 0.717) is 12.1 Å². The molecule has 102 valence electrons. The summed E-state index contributed by atoms with van der Waals surface area (Å²) in [7, 11) is 0. The highest BCUT2D eigenvalue weighted by Gasteiger charge is 2.25. The molecule has 18 heavy (non-hydrogen) atoms. The van der Waals surface area contributed by atoms with Gasteiger partial charge in [0, 0.05) is 24.3 Å². The van der Waals surface area contributed by atoms with Crippen LogP contribution in [0.5, 0.6) is 0 Å². The monoisotopic (exact) mass is 249 g/mol. The maximum atomic E-state index is 4.55. The zero-order valence-electron chi connectivity index (χ0n) is 12.2. The summed E-state index contributed by atoms with van der Waals surface area (Å²) < 4.78 is 2.19. The van der Waals surface area contributed by atoms with Gasteiger partial charge in [-0.15, -0.1) is 0 Å². The van der Waals surface area contributed by atoms with Gasteiger partial charge in [-0.2, -0.15) is 5.10 Å². The van der Waals surface area contributed by atoms with E-state index in [1.54, 1.807) is 0 Å². The van der Waals surface area contributed by atoms with Crippen molar-refractivity contribution in [1.82, 2.24) is 15.1 Å². The second kappa shape index (κ2) is 5.87. The van der Waals surface area contributed by atoms with E-state index in [2.05, 4.69) is 49.0 Å². The molecule has 3 heteroatoms. The van der Waals surface area contributed by atoms with Crippen molar-refractivity contribution in [1.29, 1.82) is 0 Å². The number of hydrogen-bond donors (Lipinski definition) is 1. The molecule has 1 N–H and O–H groups in total. The summed E-state index contributed by atoms with van der Waals surface area (Å²) in [6, 6.07) is 1.15. The highest BCUT2D eigenvalue weighted by Crippen LogP contribution is 2.35. The van der Waals surface area contributed by atoms with Gasteiger partial charge in [0.25, 0.3) is 0 Å². The van der Waals surface area contributed by atoms with Crippen LogP contribution in [0.4, 0.5) is 0 Å². The molecule has 0 amide bonds. The number of nitrogens with one attached hydrogen (secondary N) is 1. The molecule has 1 aliphatic rings. The Hall–Kier alpha value is -0.830. The predicted octanol–water partition coefficient (Wildman–Crippen LogP) is 3.38. The lowest BCUT2D eigenvalue weighted by Gasteiger charge is -2.32. The van der Waals surface area contributed by atoms with Crippen LogP contribution < -0.4 is 5.32 Å². The van der Waals surface area contributed by atoms with E-state index in [9.17, 15) is 0 Å². The maximum Gasteiger partial charge on any atom is 0.0534 e. The van der Waals surface area contributed by atoms with Crippen LogP contribution in [0.3, 0.4) is 0 Å². The molecule has 0 aliphatic heterocycles. The molecular weight excluding hydrogens is 222 g/mol. The largest absolute Gasteiger partial charge is 0.310 e. The standard InChI is InChI=1S/C15H27N3/c1-11(2)16-8-14-9-17-18(10-14)15-6-5-12(3)13(4)7-15/h9-13,15-16H,5-8H2,1-4H3. The van der Waals surface area contributed by atoms with Crippen LogP contribution in [-0.2, 0) is 6.54 Å². The van der Waals surface area contributed by atoms with Gasteiger partial charge in [0.1, 0.15) is 0 Å². The van der Waals surface area contributed by atoms with E-state index in [1.807, 2.05) is 6.20 Å². The summed E-state index contributed by atoms with van der Waals surface area (Å²) in [6.07, 6.45) is 8.14. The zero-order chi connectivity index (χ0) is 13.1. The molecular formula is C15H27N3. The Bertz CT molecular complexity index is 370. The van der Waals surface area contributed by atoms with Crippen molar-refractivity contribution in [2.75, 3.05) is 0 Å². The fraction of sp³-hybridized carbons (Fsp3) is 0.800. The van der Waals surface area contributed by atoms with E-state index in [4.69, 9.17) is 0 Å². The molecule has 1 aromatic heterocycles. The van der Waals surface area contributed by atoms with Crippen LogP contribution in [0.15, 0.2) is 12.4 Å². The van der Waals surface area contributed by atoms with Gasteiger partial charge < -0.3 is 5.32 Å². The molecule has 0 spiro atoms. The summed E-state index contributed by atoms with van der Waals surface area (Å²) >= 11 is 0. The van der Waals surface area contributed by atoms with Gasteiger partial charge in [0.2, 0.25) is 0 Å². The van der Waals surface area contributed by atoms with Crippen molar-refractivity contribution in [3.63, 3.8) is 0 Å². The lowest BCUT2D eigenvalue weighted by atomic mass is 9.79. The Kier molecular flexibility index (Phi) is 4.44. The predicted molar refractivity (Wildman–Crippen MR) is 75.4 cm³/mol. The van der Waals surface area contributed by atoms with Crippen molar-refractivity contribution >= 4 is 0 Å². The van der Waals surface area contributed by atoms with E-state index >= 15 is 0 Å². The van der Waals surface area contributed by atoms with Gasteiger partial charge in [0.15, 0.2) is 0 Å². The first-order chi connectivity index (χ1) is 8.56. The molecule has 0 saturated heterocycles. The third-order valence-corrected chi connectivity index (χ3v) is 4.31. The molecule has 0 bridgehead atoms. The van der Waals surface area contributed by atoms with E-state index in [0.717, 1.165) is 18.4 Å². The molecule has 0 aromatic carbocycles. The van der Waals surface area contributed by atoms with Crippen LogP contribution in [-0.4, -0.2) is 15.8 Å². The van der Waals surface area contributed by atoms with Crippen LogP contribution in [0.25, 0.3) is 0 Å². The second-order valence-electron chi connectivity index (χ2n) is 6.29. The van der Waals surface area contributed by atoms with Crippen molar-refractivity contribution < 1.29 is 0 Å². The molecule has 3 nitrogen and oxygen atoms in total. The first-order valence-corrected chi connectivity index (χ1v) is 7.32. The lowest BCUT2D eigenvalue weighted by molar-refractivity contribution is 0.201.